The molecule has 1 aliphatic rings. The van der Waals surface area contributed by atoms with E-state index in [1.54, 1.807) is 23.1 Å². The monoisotopic (exact) mass is 540 g/mol. The fourth-order valence-corrected chi connectivity index (χ4v) is 4.28. The number of nitriles is 1. The van der Waals surface area contributed by atoms with Gasteiger partial charge in [-0.2, -0.15) is 18.4 Å². The fourth-order valence-electron chi connectivity index (χ4n) is 4.28. The Morgan fingerprint density at radius 3 is 2.38 bits per heavy atom. The van der Waals surface area contributed by atoms with Crippen LogP contribution in [0.2, 0.25) is 0 Å². The summed E-state index contributed by atoms with van der Waals surface area (Å²) in [4.78, 5) is 24.8. The number of amides is 1. The van der Waals surface area contributed by atoms with Crippen molar-refractivity contribution in [1.82, 2.24) is 9.47 Å². The van der Waals surface area contributed by atoms with Gasteiger partial charge < -0.3 is 18.9 Å². The topological polar surface area (TPSA) is 111 Å². The number of nitro benzene ring substituents is 1. The summed E-state index contributed by atoms with van der Waals surface area (Å²) in [7, 11) is 0. The van der Waals surface area contributed by atoms with Gasteiger partial charge in [0.05, 0.1) is 23.7 Å². The number of carbonyl (C=O) groups excluding carboxylic acids is 1. The lowest BCUT2D eigenvalue weighted by molar-refractivity contribution is -0.385. The van der Waals surface area contributed by atoms with Crippen LogP contribution in [-0.2, 0) is 15.7 Å². The fraction of sp³-hybridized carbons (Fsp3) is 0.259. The molecule has 1 aromatic heterocycles. The number of nitrogens with zero attached hydrogens (tertiary/aromatic N) is 4. The van der Waals surface area contributed by atoms with E-state index in [0.717, 1.165) is 23.5 Å². The van der Waals surface area contributed by atoms with Crippen molar-refractivity contribution in [1.29, 1.82) is 5.26 Å². The number of hydrogen-bond donors (Lipinski definition) is 0. The van der Waals surface area contributed by atoms with E-state index in [-0.39, 0.29) is 23.0 Å². The molecule has 2 aromatic carbocycles. The van der Waals surface area contributed by atoms with E-state index in [4.69, 9.17) is 9.47 Å². The van der Waals surface area contributed by atoms with Gasteiger partial charge in [0.25, 0.3) is 5.91 Å². The van der Waals surface area contributed by atoms with Crippen molar-refractivity contribution in [2.45, 2.75) is 20.0 Å². The van der Waals surface area contributed by atoms with Crippen LogP contribution < -0.4 is 4.74 Å². The third-order valence-corrected chi connectivity index (χ3v) is 6.22. The standard InChI is InChI=1S/C27H23F3N4O5/c1-17-13-19(14-20(16-31)26(35)32-9-11-38-12-10-32)18(2)33(17)22-4-6-23(7-5-22)39-25-8-3-21(27(28,29)30)15-24(25)34(36)37/h3-8,13-15H,9-12H2,1-2H3/b20-14+. The number of aryl methyl sites for hydroxylation is 1. The Bertz CT molecular complexity index is 1480. The van der Waals surface area contributed by atoms with Crippen molar-refractivity contribution < 1.29 is 32.4 Å². The molecule has 39 heavy (non-hydrogen) atoms. The molecule has 1 fully saturated rings. The molecule has 0 atom stereocenters. The van der Waals surface area contributed by atoms with E-state index in [1.165, 1.54) is 12.1 Å². The average molecular weight is 540 g/mol. The molecular weight excluding hydrogens is 517 g/mol. The average Bonchev–Trinajstić information content (AvgIpc) is 3.19. The maximum Gasteiger partial charge on any atom is 0.416 e. The van der Waals surface area contributed by atoms with Gasteiger partial charge in [-0.05, 0) is 68.0 Å². The number of alkyl halides is 3. The normalized spacial score (nSPS) is 14.2. The van der Waals surface area contributed by atoms with Crippen LogP contribution in [0.3, 0.4) is 0 Å². The van der Waals surface area contributed by atoms with E-state index in [1.807, 2.05) is 30.6 Å². The molecule has 2 heterocycles. The van der Waals surface area contributed by atoms with Crippen LogP contribution >= 0.6 is 0 Å². The first-order chi connectivity index (χ1) is 18.5. The van der Waals surface area contributed by atoms with Crippen molar-refractivity contribution in [3.05, 3.63) is 86.7 Å². The molecule has 0 saturated carbocycles. The largest absolute Gasteiger partial charge is 0.450 e. The predicted octanol–water partition coefficient (Wildman–Crippen LogP) is 5.58. The zero-order valence-electron chi connectivity index (χ0n) is 21.0. The van der Waals surface area contributed by atoms with Gasteiger partial charge in [0.1, 0.15) is 17.4 Å². The molecule has 1 saturated heterocycles. The number of carbonyl (C=O) groups is 1. The van der Waals surface area contributed by atoms with Gasteiger partial charge in [-0.15, -0.1) is 0 Å². The SMILES string of the molecule is Cc1cc(/C=C(\C#N)C(=O)N2CCOCC2)c(C)n1-c1ccc(Oc2ccc(C(F)(F)F)cc2[N+](=O)[O-])cc1. The molecule has 0 bridgehead atoms. The van der Waals surface area contributed by atoms with Gasteiger partial charge in [-0.25, -0.2) is 0 Å². The third kappa shape index (κ3) is 5.94. The lowest BCUT2D eigenvalue weighted by atomic mass is 10.1. The molecule has 4 rings (SSSR count). The summed E-state index contributed by atoms with van der Waals surface area (Å²) in [6.45, 7) is 5.37. The highest BCUT2D eigenvalue weighted by molar-refractivity contribution is 6.01. The van der Waals surface area contributed by atoms with Crippen molar-refractivity contribution in [3.8, 4) is 23.3 Å². The maximum atomic E-state index is 13.0. The second-order valence-electron chi connectivity index (χ2n) is 8.77. The number of benzene rings is 2. The van der Waals surface area contributed by atoms with Gasteiger partial charge >= 0.3 is 11.9 Å². The quantitative estimate of drug-likeness (QED) is 0.175. The highest BCUT2D eigenvalue weighted by Gasteiger charge is 2.33. The first kappa shape index (κ1) is 27.4. The summed E-state index contributed by atoms with van der Waals surface area (Å²) in [5, 5.41) is 21.0. The lowest BCUT2D eigenvalue weighted by Crippen LogP contribution is -2.41. The van der Waals surface area contributed by atoms with Crippen LogP contribution in [0.5, 0.6) is 11.5 Å². The number of morpholine rings is 1. The molecule has 9 nitrogen and oxygen atoms in total. The molecule has 1 amide bonds. The van der Waals surface area contributed by atoms with Crippen molar-refractivity contribution >= 4 is 17.7 Å². The summed E-state index contributed by atoms with van der Waals surface area (Å²) in [5.41, 5.74) is 1.04. The van der Waals surface area contributed by atoms with Crippen molar-refractivity contribution in [2.75, 3.05) is 26.3 Å². The number of aromatic nitrogens is 1. The number of rotatable bonds is 6. The molecule has 202 valence electrons. The summed E-state index contributed by atoms with van der Waals surface area (Å²) >= 11 is 0. The Morgan fingerprint density at radius 1 is 1.13 bits per heavy atom. The van der Waals surface area contributed by atoms with E-state index in [0.29, 0.717) is 43.6 Å². The highest BCUT2D eigenvalue weighted by Crippen LogP contribution is 2.38. The Kier molecular flexibility index (Phi) is 7.73. The van der Waals surface area contributed by atoms with Gasteiger partial charge in [-0.1, -0.05) is 0 Å². The van der Waals surface area contributed by atoms with Crippen LogP contribution in [0.1, 0.15) is 22.5 Å². The summed E-state index contributed by atoms with van der Waals surface area (Å²) in [6.07, 6.45) is -3.17. The van der Waals surface area contributed by atoms with E-state index in [9.17, 15) is 33.3 Å². The number of halogens is 3. The predicted molar refractivity (Wildman–Crippen MR) is 134 cm³/mol. The minimum atomic E-state index is -4.73. The number of ether oxygens (including phenoxy) is 2. The van der Waals surface area contributed by atoms with Crippen LogP contribution in [0.15, 0.2) is 54.1 Å². The molecular formula is C27H23F3N4O5. The molecule has 12 heteroatoms. The Morgan fingerprint density at radius 2 is 1.79 bits per heavy atom. The molecule has 0 radical (unpaired) electrons. The lowest BCUT2D eigenvalue weighted by Gasteiger charge is -2.26. The Hall–Kier alpha value is -4.63. The maximum absolute atomic E-state index is 13.0. The van der Waals surface area contributed by atoms with Crippen LogP contribution in [0.25, 0.3) is 11.8 Å². The molecule has 0 aliphatic carbocycles. The summed E-state index contributed by atoms with van der Waals surface area (Å²) in [5.74, 6) is -0.494. The van der Waals surface area contributed by atoms with Gasteiger partial charge in [-0.3, -0.25) is 14.9 Å². The Balaban J connectivity index is 1.58. The highest BCUT2D eigenvalue weighted by atomic mass is 19.4. The zero-order valence-corrected chi connectivity index (χ0v) is 21.0. The van der Waals surface area contributed by atoms with Gasteiger partial charge in [0, 0.05) is 36.2 Å². The minimum Gasteiger partial charge on any atom is -0.450 e. The van der Waals surface area contributed by atoms with Gasteiger partial charge in [0.2, 0.25) is 5.75 Å². The second kappa shape index (κ2) is 11.0. The molecule has 0 N–H and O–H groups in total. The number of nitro groups is 1. The van der Waals surface area contributed by atoms with Crippen LogP contribution in [0.4, 0.5) is 18.9 Å². The first-order valence-electron chi connectivity index (χ1n) is 11.8. The van der Waals surface area contributed by atoms with Crippen molar-refractivity contribution in [3.63, 3.8) is 0 Å². The van der Waals surface area contributed by atoms with Gasteiger partial charge in [0.15, 0.2) is 0 Å². The van der Waals surface area contributed by atoms with Crippen LogP contribution in [0, 0.1) is 35.3 Å². The molecule has 1 aliphatic heterocycles. The Labute approximate surface area is 221 Å². The van der Waals surface area contributed by atoms with E-state index in [2.05, 4.69) is 0 Å². The summed E-state index contributed by atoms with van der Waals surface area (Å²) in [6, 6.07) is 12.3. The third-order valence-electron chi connectivity index (χ3n) is 6.22. The number of hydrogen-bond acceptors (Lipinski definition) is 6. The smallest absolute Gasteiger partial charge is 0.416 e. The summed E-state index contributed by atoms with van der Waals surface area (Å²) < 4.78 is 51.6. The molecule has 0 unspecified atom stereocenters. The zero-order chi connectivity index (χ0) is 28.3. The second-order valence-corrected chi connectivity index (χ2v) is 8.77. The molecule has 3 aromatic rings. The van der Waals surface area contributed by atoms with E-state index < -0.39 is 22.4 Å². The van der Waals surface area contributed by atoms with Crippen molar-refractivity contribution in [2.24, 2.45) is 0 Å². The first-order valence-corrected chi connectivity index (χ1v) is 11.8. The van der Waals surface area contributed by atoms with E-state index >= 15 is 0 Å². The molecule has 0 spiro atoms. The minimum absolute atomic E-state index is 0.0130. The van der Waals surface area contributed by atoms with Crippen LogP contribution in [-0.4, -0.2) is 46.6 Å².